The van der Waals surface area contributed by atoms with Gasteiger partial charge < -0.3 is 9.72 Å². The zero-order valence-electron chi connectivity index (χ0n) is 11.8. The normalized spacial score (nSPS) is 16.7. The molecule has 0 atom stereocenters. The van der Waals surface area contributed by atoms with E-state index in [2.05, 4.69) is 4.98 Å². The van der Waals surface area contributed by atoms with Crippen molar-refractivity contribution < 1.29 is 9.53 Å². The summed E-state index contributed by atoms with van der Waals surface area (Å²) in [6.45, 7) is 3.33. The van der Waals surface area contributed by atoms with E-state index in [9.17, 15) is 10.1 Å². The van der Waals surface area contributed by atoms with Gasteiger partial charge in [-0.05, 0) is 31.5 Å². The quantitative estimate of drug-likeness (QED) is 0.916. The Bertz CT molecular complexity index is 777. The zero-order valence-corrected chi connectivity index (χ0v) is 11.8. The Labute approximate surface area is 122 Å². The van der Waals surface area contributed by atoms with Crippen molar-refractivity contribution in [3.05, 3.63) is 53.7 Å². The second-order valence-corrected chi connectivity index (χ2v) is 5.41. The van der Waals surface area contributed by atoms with Crippen molar-refractivity contribution in [1.29, 1.82) is 5.26 Å². The molecule has 21 heavy (non-hydrogen) atoms. The Hall–Kier alpha value is -2.80. The minimum absolute atomic E-state index is 0.0708. The van der Waals surface area contributed by atoms with Crippen molar-refractivity contribution in [3.8, 4) is 17.3 Å². The maximum atomic E-state index is 12.1. The summed E-state index contributed by atoms with van der Waals surface area (Å²) in [5.41, 5.74) is 1.67. The summed E-state index contributed by atoms with van der Waals surface area (Å²) in [6.07, 6.45) is 0. The van der Waals surface area contributed by atoms with Gasteiger partial charge in [-0.1, -0.05) is 30.3 Å². The largest absolute Gasteiger partial charge is 0.476 e. The first-order valence-corrected chi connectivity index (χ1v) is 6.66. The third kappa shape index (κ3) is 2.13. The molecule has 0 aliphatic carbocycles. The number of ketones is 1. The third-order valence-electron chi connectivity index (χ3n) is 3.49. The molecule has 1 aliphatic rings. The molecule has 0 bridgehead atoms. The SMILES string of the molecule is CC1(C)OC(c2ccc(-c3ccccc3)[nH]2)=C(C#N)C1=O. The van der Waals surface area contributed by atoms with Crippen LogP contribution in [0, 0.1) is 11.3 Å². The molecule has 4 heteroatoms. The first-order chi connectivity index (χ1) is 10.0. The van der Waals surface area contributed by atoms with E-state index in [0.29, 0.717) is 11.5 Å². The van der Waals surface area contributed by atoms with Gasteiger partial charge in [0.2, 0.25) is 5.78 Å². The third-order valence-corrected chi connectivity index (χ3v) is 3.49. The van der Waals surface area contributed by atoms with Crippen LogP contribution < -0.4 is 0 Å². The smallest absolute Gasteiger partial charge is 0.220 e. The van der Waals surface area contributed by atoms with Gasteiger partial charge in [0.1, 0.15) is 11.6 Å². The number of benzene rings is 1. The van der Waals surface area contributed by atoms with E-state index in [1.807, 2.05) is 48.5 Å². The summed E-state index contributed by atoms with van der Waals surface area (Å²) in [7, 11) is 0. The van der Waals surface area contributed by atoms with Crippen LogP contribution in [0.25, 0.3) is 17.0 Å². The average molecular weight is 278 g/mol. The lowest BCUT2D eigenvalue weighted by molar-refractivity contribution is -0.126. The lowest BCUT2D eigenvalue weighted by atomic mass is 10.00. The number of nitrogens with zero attached hydrogens (tertiary/aromatic N) is 1. The van der Waals surface area contributed by atoms with Crippen molar-refractivity contribution in [2.75, 3.05) is 0 Å². The van der Waals surface area contributed by atoms with Crippen LogP contribution in [0.3, 0.4) is 0 Å². The number of hydrogen-bond donors (Lipinski definition) is 1. The van der Waals surface area contributed by atoms with Gasteiger partial charge in [0, 0.05) is 5.69 Å². The Kier molecular flexibility index (Phi) is 2.91. The Morgan fingerprint density at radius 2 is 1.76 bits per heavy atom. The second-order valence-electron chi connectivity index (χ2n) is 5.41. The van der Waals surface area contributed by atoms with E-state index in [1.54, 1.807) is 13.8 Å². The molecular weight excluding hydrogens is 264 g/mol. The monoisotopic (exact) mass is 278 g/mol. The lowest BCUT2D eigenvalue weighted by Gasteiger charge is -2.17. The highest BCUT2D eigenvalue weighted by Crippen LogP contribution is 2.36. The molecule has 3 rings (SSSR count). The molecule has 2 aromatic rings. The molecule has 4 nitrogen and oxygen atoms in total. The summed E-state index contributed by atoms with van der Waals surface area (Å²) >= 11 is 0. The number of Topliss-reactive ketones (excluding diaryl/α,β-unsaturated/α-hetero) is 1. The summed E-state index contributed by atoms with van der Waals surface area (Å²) in [4.78, 5) is 15.3. The van der Waals surface area contributed by atoms with Crippen LogP contribution in [-0.4, -0.2) is 16.4 Å². The van der Waals surface area contributed by atoms with Gasteiger partial charge in [-0.3, -0.25) is 4.79 Å². The van der Waals surface area contributed by atoms with Crippen molar-refractivity contribution in [1.82, 2.24) is 4.98 Å². The molecule has 2 heterocycles. The molecule has 0 fully saturated rings. The number of nitriles is 1. The fraction of sp³-hybridized carbons (Fsp3) is 0.176. The van der Waals surface area contributed by atoms with Crippen LogP contribution in [-0.2, 0) is 9.53 Å². The topological polar surface area (TPSA) is 65.9 Å². The van der Waals surface area contributed by atoms with Crippen LogP contribution >= 0.6 is 0 Å². The maximum Gasteiger partial charge on any atom is 0.220 e. The van der Waals surface area contributed by atoms with Crippen molar-refractivity contribution in [2.45, 2.75) is 19.4 Å². The number of ether oxygens (including phenoxy) is 1. The number of carbonyl (C=O) groups excluding carboxylic acids is 1. The zero-order chi connectivity index (χ0) is 15.0. The Morgan fingerprint density at radius 1 is 1.10 bits per heavy atom. The Morgan fingerprint density at radius 3 is 2.43 bits per heavy atom. The number of nitrogens with one attached hydrogen (secondary N) is 1. The Balaban J connectivity index is 2.03. The number of aromatic amines is 1. The van der Waals surface area contributed by atoms with Gasteiger partial charge in [-0.2, -0.15) is 5.26 Å². The number of aromatic nitrogens is 1. The van der Waals surface area contributed by atoms with E-state index in [0.717, 1.165) is 11.3 Å². The van der Waals surface area contributed by atoms with Crippen LogP contribution in [0.5, 0.6) is 0 Å². The number of H-pyrrole nitrogens is 1. The average Bonchev–Trinajstić information content (AvgIpc) is 3.04. The summed E-state index contributed by atoms with van der Waals surface area (Å²) < 4.78 is 5.68. The van der Waals surface area contributed by atoms with Crippen molar-refractivity contribution in [2.24, 2.45) is 0 Å². The number of rotatable bonds is 2. The molecule has 1 aromatic carbocycles. The predicted octanol–water partition coefficient (Wildman–Crippen LogP) is 3.29. The highest BCUT2D eigenvalue weighted by atomic mass is 16.5. The maximum absolute atomic E-state index is 12.1. The number of hydrogen-bond acceptors (Lipinski definition) is 3. The van der Waals surface area contributed by atoms with Crippen LogP contribution in [0.1, 0.15) is 19.5 Å². The molecule has 1 N–H and O–H groups in total. The molecule has 0 radical (unpaired) electrons. The molecule has 0 amide bonds. The van der Waals surface area contributed by atoms with Crippen LogP contribution in [0.4, 0.5) is 0 Å². The fourth-order valence-corrected chi connectivity index (χ4v) is 2.36. The second kappa shape index (κ2) is 4.64. The first kappa shape index (κ1) is 13.2. The van der Waals surface area contributed by atoms with Crippen LogP contribution in [0.2, 0.25) is 0 Å². The molecule has 1 aromatic heterocycles. The van der Waals surface area contributed by atoms with E-state index in [4.69, 9.17) is 4.74 Å². The minimum atomic E-state index is -0.988. The summed E-state index contributed by atoms with van der Waals surface area (Å²) in [5.74, 6) is 0.0468. The van der Waals surface area contributed by atoms with E-state index in [1.165, 1.54) is 0 Å². The molecule has 1 aliphatic heterocycles. The standard InChI is InChI=1S/C17H14N2O2/c1-17(2)16(20)12(10-18)15(21-17)14-9-8-13(19-14)11-6-4-3-5-7-11/h3-9,19H,1-2H3. The van der Waals surface area contributed by atoms with Gasteiger partial charge >= 0.3 is 0 Å². The minimum Gasteiger partial charge on any atom is -0.476 e. The highest BCUT2D eigenvalue weighted by Gasteiger charge is 2.42. The van der Waals surface area contributed by atoms with Gasteiger partial charge in [0.25, 0.3) is 0 Å². The molecule has 0 saturated carbocycles. The molecule has 0 spiro atoms. The predicted molar refractivity (Wildman–Crippen MR) is 78.9 cm³/mol. The van der Waals surface area contributed by atoms with Crippen molar-refractivity contribution >= 4 is 11.5 Å². The van der Waals surface area contributed by atoms with E-state index >= 15 is 0 Å². The summed E-state index contributed by atoms with van der Waals surface area (Å²) in [5, 5.41) is 9.20. The number of carbonyl (C=O) groups is 1. The van der Waals surface area contributed by atoms with Gasteiger partial charge in [-0.15, -0.1) is 0 Å². The first-order valence-electron chi connectivity index (χ1n) is 6.66. The van der Waals surface area contributed by atoms with Gasteiger partial charge in [0.15, 0.2) is 11.4 Å². The lowest BCUT2D eigenvalue weighted by Crippen LogP contribution is -2.29. The molecule has 0 saturated heterocycles. The highest BCUT2D eigenvalue weighted by molar-refractivity contribution is 6.12. The van der Waals surface area contributed by atoms with Crippen molar-refractivity contribution in [3.63, 3.8) is 0 Å². The van der Waals surface area contributed by atoms with Crippen LogP contribution in [0.15, 0.2) is 48.0 Å². The van der Waals surface area contributed by atoms with Gasteiger partial charge in [0.05, 0.1) is 5.69 Å². The molecular formula is C17H14N2O2. The summed E-state index contributed by atoms with van der Waals surface area (Å²) in [6, 6.07) is 15.5. The van der Waals surface area contributed by atoms with E-state index < -0.39 is 5.60 Å². The fourth-order valence-electron chi connectivity index (χ4n) is 2.36. The van der Waals surface area contributed by atoms with Gasteiger partial charge in [-0.25, -0.2) is 0 Å². The molecule has 104 valence electrons. The molecule has 0 unspecified atom stereocenters. The van der Waals surface area contributed by atoms with E-state index in [-0.39, 0.29) is 11.4 Å².